The molecule has 0 aromatic heterocycles. The Balaban J connectivity index is 2.38. The molecule has 12 nitrogen and oxygen atoms in total. The van der Waals surface area contributed by atoms with Gasteiger partial charge in [0.15, 0.2) is 12.4 Å². The van der Waals surface area contributed by atoms with Crippen LogP contribution < -0.4 is 0 Å². The van der Waals surface area contributed by atoms with Crippen molar-refractivity contribution in [3.8, 4) is 0 Å². The highest BCUT2D eigenvalue weighted by Gasteiger charge is 2.46. The first kappa shape index (κ1) is 58.4. The maximum Gasteiger partial charge on any atom is 0.306 e. The van der Waals surface area contributed by atoms with E-state index in [0.29, 0.717) is 12.8 Å². The summed E-state index contributed by atoms with van der Waals surface area (Å²) < 4.78 is 54.2. The minimum Gasteiger partial charge on any atom is -0.462 e. The van der Waals surface area contributed by atoms with E-state index in [9.17, 15) is 37.9 Å². The number of rotatable bonds is 43. The molecule has 366 valence electrons. The number of allylic oxidation sites excluding steroid dienone is 2. The molecule has 1 saturated heterocycles. The predicted octanol–water partition coefficient (Wildman–Crippen LogP) is 11.0. The molecule has 0 bridgehead atoms. The van der Waals surface area contributed by atoms with E-state index in [0.717, 1.165) is 44.9 Å². The largest absolute Gasteiger partial charge is 0.462 e. The third kappa shape index (κ3) is 33.8. The number of aliphatic hydroxyl groups excluding tert-OH is 3. The molecule has 1 fully saturated rings. The Morgan fingerprint density at radius 1 is 0.532 bits per heavy atom. The van der Waals surface area contributed by atoms with Crippen LogP contribution in [-0.2, 0) is 38.7 Å². The van der Waals surface area contributed by atoms with E-state index >= 15 is 0 Å². The fraction of sp³-hybridized carbons (Fsp3) is 0.918. The van der Waals surface area contributed by atoms with E-state index < -0.39 is 71.2 Å². The van der Waals surface area contributed by atoms with Gasteiger partial charge in [-0.1, -0.05) is 193 Å². The highest BCUT2D eigenvalue weighted by atomic mass is 32.2. The lowest BCUT2D eigenvalue weighted by Crippen LogP contribution is -2.60. The van der Waals surface area contributed by atoms with Crippen LogP contribution in [0.1, 0.15) is 232 Å². The molecular weight excluding hydrogens is 813 g/mol. The van der Waals surface area contributed by atoms with E-state index in [4.69, 9.17) is 18.9 Å². The third-order valence-electron chi connectivity index (χ3n) is 11.8. The maximum absolute atomic E-state index is 12.9. The van der Waals surface area contributed by atoms with Crippen LogP contribution in [0, 0.1) is 0 Å². The predicted molar refractivity (Wildman–Crippen MR) is 247 cm³/mol. The number of carbonyl (C=O) groups is 2. The van der Waals surface area contributed by atoms with Crippen molar-refractivity contribution >= 4 is 22.1 Å². The van der Waals surface area contributed by atoms with Gasteiger partial charge in [0.1, 0.15) is 36.8 Å². The van der Waals surface area contributed by atoms with Crippen molar-refractivity contribution in [2.24, 2.45) is 0 Å². The van der Waals surface area contributed by atoms with Crippen LogP contribution in [0.3, 0.4) is 0 Å². The van der Waals surface area contributed by atoms with Gasteiger partial charge in [-0.2, -0.15) is 8.42 Å². The van der Waals surface area contributed by atoms with Gasteiger partial charge in [0, 0.05) is 12.8 Å². The summed E-state index contributed by atoms with van der Waals surface area (Å²) in [6.45, 7) is 3.78. The zero-order chi connectivity index (χ0) is 45.5. The Hall–Kier alpha value is -1.61. The minimum atomic E-state index is -4.60. The highest BCUT2D eigenvalue weighted by Crippen LogP contribution is 2.24. The number of unbranched alkanes of at least 4 members (excludes halogenated alkanes) is 29. The summed E-state index contributed by atoms with van der Waals surface area (Å²) in [5, 5.41) is 30.9. The van der Waals surface area contributed by atoms with E-state index in [-0.39, 0.29) is 19.4 Å². The molecule has 0 aromatic carbocycles. The molecule has 0 radical (unpaired) electrons. The molecule has 0 saturated carbocycles. The fourth-order valence-corrected chi connectivity index (χ4v) is 8.60. The summed E-state index contributed by atoms with van der Waals surface area (Å²) in [5.74, 6) is -1.99. The molecule has 1 aliphatic rings. The first-order valence-electron chi connectivity index (χ1n) is 25.2. The van der Waals surface area contributed by atoms with Crippen molar-refractivity contribution in [1.82, 2.24) is 0 Å². The van der Waals surface area contributed by atoms with Gasteiger partial charge < -0.3 is 34.3 Å². The molecule has 1 rings (SSSR count). The van der Waals surface area contributed by atoms with Crippen LogP contribution in [0.15, 0.2) is 12.2 Å². The first-order valence-corrected chi connectivity index (χ1v) is 26.9. The number of carbonyl (C=O) groups excluding carboxylic acids is 2. The normalized spacial score (nSPS) is 19.9. The molecule has 1 heterocycles. The van der Waals surface area contributed by atoms with Crippen molar-refractivity contribution in [2.45, 2.75) is 269 Å². The standard InChI is InChI=1S/C49H92O12S/c1-3-5-7-9-11-13-15-17-19-20-21-22-24-26-28-30-32-34-36-38-45(51)60-42(40-59-49-48(54)47(53)46(52)43(61-49)41-62(55,56)57)39-58-44(50)37-35-33-31-29-27-25-23-18-16-14-12-10-8-6-4-2/h25,27,42-43,46-49,52-54H,3-24,26,28-41H2,1-2H3,(H,55,56,57)/b27-25+/t42-,43-,46-,47?,48?,49+/m1/s1. The Bertz CT molecular complexity index is 1200. The van der Waals surface area contributed by atoms with Gasteiger partial charge in [0.25, 0.3) is 10.1 Å². The molecule has 4 N–H and O–H groups in total. The molecule has 2 unspecified atom stereocenters. The summed E-state index contributed by atoms with van der Waals surface area (Å²) >= 11 is 0. The lowest BCUT2D eigenvalue weighted by molar-refractivity contribution is -0.297. The SMILES string of the molecule is CCCCCCCCCC/C=C/CCCCCC(=O)OC[C@H](CO[C@H]1O[C@H](CS(=O)(=O)O)[C@@H](O)C(O)C1O)OC(=O)CCCCCCCCCCCCCCCCCCCCC. The second-order valence-electron chi connectivity index (χ2n) is 17.8. The smallest absolute Gasteiger partial charge is 0.306 e. The Morgan fingerprint density at radius 2 is 0.919 bits per heavy atom. The third-order valence-corrected chi connectivity index (χ3v) is 12.6. The van der Waals surface area contributed by atoms with E-state index in [1.807, 2.05) is 0 Å². The van der Waals surface area contributed by atoms with Crippen molar-refractivity contribution in [3.63, 3.8) is 0 Å². The number of aliphatic hydroxyl groups is 3. The molecule has 0 aromatic rings. The second-order valence-corrected chi connectivity index (χ2v) is 19.3. The van der Waals surface area contributed by atoms with Gasteiger partial charge in [-0.25, -0.2) is 0 Å². The summed E-state index contributed by atoms with van der Waals surface area (Å²) in [4.78, 5) is 25.5. The highest BCUT2D eigenvalue weighted by molar-refractivity contribution is 7.85. The zero-order valence-corrected chi connectivity index (χ0v) is 40.1. The minimum absolute atomic E-state index is 0.167. The van der Waals surface area contributed by atoms with Crippen LogP contribution in [-0.4, -0.2) is 96.0 Å². The molecule has 62 heavy (non-hydrogen) atoms. The number of hydrogen-bond acceptors (Lipinski definition) is 11. The lowest BCUT2D eigenvalue weighted by Gasteiger charge is -2.40. The topological polar surface area (TPSA) is 186 Å². The monoisotopic (exact) mass is 905 g/mol. The number of esters is 2. The average molecular weight is 905 g/mol. The lowest BCUT2D eigenvalue weighted by atomic mass is 10.00. The number of ether oxygens (including phenoxy) is 4. The van der Waals surface area contributed by atoms with Crippen molar-refractivity contribution in [1.29, 1.82) is 0 Å². The zero-order valence-electron chi connectivity index (χ0n) is 39.2. The van der Waals surface area contributed by atoms with Gasteiger partial charge in [-0.3, -0.25) is 14.1 Å². The van der Waals surface area contributed by atoms with Crippen LogP contribution in [0.2, 0.25) is 0 Å². The average Bonchev–Trinajstić information content (AvgIpc) is 3.24. The van der Waals surface area contributed by atoms with Crippen molar-refractivity contribution in [3.05, 3.63) is 12.2 Å². The Labute approximate surface area is 377 Å². The van der Waals surface area contributed by atoms with Crippen LogP contribution in [0.25, 0.3) is 0 Å². The summed E-state index contributed by atoms with van der Waals surface area (Å²) in [6.07, 6.45) is 34.0. The molecular formula is C49H92O12S. The van der Waals surface area contributed by atoms with E-state index in [1.165, 1.54) is 148 Å². The molecule has 0 spiro atoms. The molecule has 0 amide bonds. The maximum atomic E-state index is 12.9. The summed E-state index contributed by atoms with van der Waals surface area (Å²) in [6, 6.07) is 0. The van der Waals surface area contributed by atoms with Gasteiger partial charge in [-0.05, 0) is 38.5 Å². The Morgan fingerprint density at radius 3 is 1.35 bits per heavy atom. The van der Waals surface area contributed by atoms with E-state index in [1.54, 1.807) is 0 Å². The van der Waals surface area contributed by atoms with Gasteiger partial charge in [0.2, 0.25) is 0 Å². The summed E-state index contributed by atoms with van der Waals surface area (Å²) in [7, 11) is -4.60. The van der Waals surface area contributed by atoms with Crippen LogP contribution in [0.4, 0.5) is 0 Å². The van der Waals surface area contributed by atoms with Crippen LogP contribution >= 0.6 is 0 Å². The van der Waals surface area contributed by atoms with Gasteiger partial charge in [0.05, 0.1) is 6.61 Å². The first-order chi connectivity index (χ1) is 30.0. The van der Waals surface area contributed by atoms with Gasteiger partial charge >= 0.3 is 11.9 Å². The quantitative estimate of drug-likeness (QED) is 0.0197. The molecule has 13 heteroatoms. The molecule has 1 aliphatic heterocycles. The molecule has 6 atom stereocenters. The second kappa shape index (κ2) is 39.7. The van der Waals surface area contributed by atoms with Crippen molar-refractivity contribution in [2.75, 3.05) is 19.0 Å². The van der Waals surface area contributed by atoms with Crippen molar-refractivity contribution < 1.29 is 56.8 Å². The summed E-state index contributed by atoms with van der Waals surface area (Å²) in [5.41, 5.74) is 0. The van der Waals surface area contributed by atoms with Crippen LogP contribution in [0.5, 0.6) is 0 Å². The molecule has 0 aliphatic carbocycles. The van der Waals surface area contributed by atoms with Gasteiger partial charge in [-0.15, -0.1) is 0 Å². The fourth-order valence-electron chi connectivity index (χ4n) is 7.91. The number of hydrogen-bond donors (Lipinski definition) is 4. The van der Waals surface area contributed by atoms with E-state index in [2.05, 4.69) is 26.0 Å². The Kier molecular flexibility index (Phi) is 37.4.